The summed E-state index contributed by atoms with van der Waals surface area (Å²) in [7, 11) is 1.67. The van der Waals surface area contributed by atoms with Crippen LogP contribution in [0, 0.1) is 0 Å². The van der Waals surface area contributed by atoms with Crippen molar-refractivity contribution < 1.29 is 9.53 Å². The van der Waals surface area contributed by atoms with E-state index in [9.17, 15) is 4.79 Å². The zero-order valence-electron chi connectivity index (χ0n) is 7.13. The van der Waals surface area contributed by atoms with Crippen molar-refractivity contribution in [2.75, 3.05) is 13.7 Å². The highest BCUT2D eigenvalue weighted by Crippen LogP contribution is 2.05. The number of carbonyl (C=O) groups is 1. The second-order valence-electron chi connectivity index (χ2n) is 2.33. The molecule has 0 saturated heterocycles. The topological polar surface area (TPSA) is 29.5 Å². The van der Waals surface area contributed by atoms with Crippen LogP contribution < -0.4 is 0 Å². The van der Waals surface area contributed by atoms with Crippen LogP contribution >= 0.6 is 22.9 Å². The van der Waals surface area contributed by atoms with E-state index in [-0.39, 0.29) is 12.0 Å². The van der Waals surface area contributed by atoms with Crippen molar-refractivity contribution >= 4 is 28.8 Å². The number of hydrogen-bond donors (Lipinski definition) is 0. The molecule has 1 atom stereocenters. The van der Waals surface area contributed by atoms with Gasteiger partial charge in [-0.2, -0.15) is 0 Å². The molecule has 11 heavy (non-hydrogen) atoms. The van der Waals surface area contributed by atoms with Crippen molar-refractivity contribution in [1.82, 2.24) is 3.11 Å². The van der Waals surface area contributed by atoms with Crippen LogP contribution in [-0.4, -0.2) is 28.8 Å². The van der Waals surface area contributed by atoms with Gasteiger partial charge in [-0.25, -0.2) is 0 Å². The minimum atomic E-state index is 0.0705. The molecule has 0 aromatic heterocycles. The molecule has 0 bridgehead atoms. The second-order valence-corrected chi connectivity index (χ2v) is 3.49. The first-order valence-electron chi connectivity index (χ1n) is 3.58. The Balaban J connectivity index is 3.71. The summed E-state index contributed by atoms with van der Waals surface area (Å²) in [6.45, 7) is 4.26. The first kappa shape index (κ1) is 11.2. The zero-order valence-corrected chi connectivity index (χ0v) is 9.29. The van der Waals surface area contributed by atoms with Gasteiger partial charge in [0.1, 0.15) is 0 Å². The van der Waals surface area contributed by atoms with Gasteiger partial charge in [0.2, 0.25) is 5.91 Å². The molecule has 0 aromatic rings. The molecule has 0 aromatic carbocycles. The molecule has 3 nitrogen and oxygen atoms in total. The lowest BCUT2D eigenvalue weighted by Gasteiger charge is -2.18. The number of rotatable bonds is 4. The second kappa shape index (κ2) is 5.77. The van der Waals surface area contributed by atoms with Crippen molar-refractivity contribution in [2.24, 2.45) is 0 Å². The monoisotopic (exact) mass is 271 g/mol. The van der Waals surface area contributed by atoms with Crippen molar-refractivity contribution in [1.29, 1.82) is 0 Å². The Hall–Kier alpha value is 0.160. The summed E-state index contributed by atoms with van der Waals surface area (Å²) < 4.78 is 6.76. The molecular weight excluding hydrogens is 257 g/mol. The first-order valence-corrected chi connectivity index (χ1v) is 4.55. The Morgan fingerprint density at radius 3 is 2.55 bits per heavy atom. The van der Waals surface area contributed by atoms with Gasteiger partial charge in [0.25, 0.3) is 0 Å². The first-order chi connectivity index (χ1) is 5.11. The predicted octanol–water partition coefficient (Wildman–Crippen LogP) is 1.61. The number of halogens is 1. The number of amides is 1. The van der Waals surface area contributed by atoms with E-state index in [4.69, 9.17) is 4.74 Å². The molecule has 0 aliphatic carbocycles. The van der Waals surface area contributed by atoms with E-state index in [0.29, 0.717) is 6.54 Å². The highest BCUT2D eigenvalue weighted by atomic mass is 127. The summed E-state index contributed by atoms with van der Waals surface area (Å²) in [5, 5.41) is 0. The molecule has 66 valence electrons. The molecule has 0 heterocycles. The SMILES string of the molecule is CCC(CN(I)C(C)=O)OC. The Bertz CT molecular complexity index is 126. The lowest BCUT2D eigenvalue weighted by molar-refractivity contribution is -0.123. The normalized spacial score (nSPS) is 12.7. The minimum absolute atomic E-state index is 0.0705. The van der Waals surface area contributed by atoms with Gasteiger partial charge in [0.15, 0.2) is 0 Å². The highest BCUT2D eigenvalue weighted by molar-refractivity contribution is 14.1. The lowest BCUT2D eigenvalue weighted by atomic mass is 10.3. The molecule has 0 aliphatic rings. The summed E-state index contributed by atoms with van der Waals surface area (Å²) >= 11 is 2.00. The van der Waals surface area contributed by atoms with Crippen LogP contribution in [0.1, 0.15) is 20.3 Å². The van der Waals surface area contributed by atoms with E-state index in [2.05, 4.69) is 0 Å². The van der Waals surface area contributed by atoms with Crippen LogP contribution in [0.3, 0.4) is 0 Å². The minimum Gasteiger partial charge on any atom is -0.380 e. The standard InChI is InChI=1S/C7H14INO2/c1-4-7(11-3)5-9(8)6(2)10/h7H,4-5H2,1-3H3. The van der Waals surface area contributed by atoms with Crippen LogP contribution in [0.2, 0.25) is 0 Å². The fourth-order valence-electron chi connectivity index (χ4n) is 0.678. The maximum Gasteiger partial charge on any atom is 0.228 e. The smallest absolute Gasteiger partial charge is 0.228 e. The van der Waals surface area contributed by atoms with Gasteiger partial charge in [-0.05, 0) is 6.42 Å². The number of methoxy groups -OCH3 is 1. The van der Waals surface area contributed by atoms with Gasteiger partial charge in [-0.3, -0.25) is 7.91 Å². The Morgan fingerprint density at radius 2 is 2.27 bits per heavy atom. The third kappa shape index (κ3) is 4.58. The Labute approximate surface area is 81.6 Å². The maximum absolute atomic E-state index is 10.8. The van der Waals surface area contributed by atoms with Crippen LogP contribution in [0.25, 0.3) is 0 Å². The van der Waals surface area contributed by atoms with Crippen molar-refractivity contribution in [3.8, 4) is 0 Å². The summed E-state index contributed by atoms with van der Waals surface area (Å²) in [6.07, 6.45) is 1.10. The van der Waals surface area contributed by atoms with E-state index in [1.165, 1.54) is 0 Å². The summed E-state index contributed by atoms with van der Waals surface area (Å²) in [5.41, 5.74) is 0. The van der Waals surface area contributed by atoms with E-state index in [0.717, 1.165) is 6.42 Å². The van der Waals surface area contributed by atoms with Gasteiger partial charge < -0.3 is 4.74 Å². The van der Waals surface area contributed by atoms with Gasteiger partial charge in [0, 0.05) is 14.0 Å². The molecular formula is C7H14INO2. The van der Waals surface area contributed by atoms with Crippen molar-refractivity contribution in [3.05, 3.63) is 0 Å². The van der Waals surface area contributed by atoms with E-state index < -0.39 is 0 Å². The average molecular weight is 271 g/mol. The van der Waals surface area contributed by atoms with Crippen LogP contribution in [0.5, 0.6) is 0 Å². The molecule has 1 amide bonds. The third-order valence-electron chi connectivity index (χ3n) is 1.49. The van der Waals surface area contributed by atoms with Gasteiger partial charge in [-0.15, -0.1) is 0 Å². The summed E-state index contributed by atoms with van der Waals surface area (Å²) in [4.78, 5) is 10.8. The van der Waals surface area contributed by atoms with Crippen LogP contribution in [-0.2, 0) is 9.53 Å². The zero-order chi connectivity index (χ0) is 8.85. The molecule has 0 radical (unpaired) electrons. The van der Waals surface area contributed by atoms with E-state index in [1.807, 2.05) is 29.8 Å². The molecule has 4 heteroatoms. The lowest BCUT2D eigenvalue weighted by Crippen LogP contribution is -2.28. The number of carbonyl (C=O) groups excluding carboxylic acids is 1. The number of ether oxygens (including phenoxy) is 1. The quantitative estimate of drug-likeness (QED) is 0.574. The third-order valence-corrected chi connectivity index (χ3v) is 2.57. The maximum atomic E-state index is 10.8. The molecule has 0 N–H and O–H groups in total. The fraction of sp³-hybridized carbons (Fsp3) is 0.857. The molecule has 1 unspecified atom stereocenters. The Kier molecular flexibility index (Phi) is 5.85. The van der Waals surface area contributed by atoms with Crippen LogP contribution in [0.4, 0.5) is 0 Å². The largest absolute Gasteiger partial charge is 0.380 e. The number of nitrogens with zero attached hydrogens (tertiary/aromatic N) is 1. The van der Waals surface area contributed by atoms with E-state index >= 15 is 0 Å². The molecule has 0 rings (SSSR count). The molecule has 0 fully saturated rings. The Morgan fingerprint density at radius 1 is 1.73 bits per heavy atom. The molecule has 0 aliphatic heterocycles. The fourth-order valence-corrected chi connectivity index (χ4v) is 1.12. The van der Waals surface area contributed by atoms with Crippen molar-refractivity contribution in [2.45, 2.75) is 26.4 Å². The van der Waals surface area contributed by atoms with E-state index in [1.54, 1.807) is 17.1 Å². The summed E-state index contributed by atoms with van der Waals surface area (Å²) in [5.74, 6) is 0.0705. The average Bonchev–Trinajstić information content (AvgIpc) is 1.99. The van der Waals surface area contributed by atoms with Gasteiger partial charge in [-0.1, -0.05) is 6.92 Å². The highest BCUT2D eigenvalue weighted by Gasteiger charge is 2.11. The van der Waals surface area contributed by atoms with Gasteiger partial charge in [0.05, 0.1) is 35.5 Å². The molecule has 0 saturated carbocycles. The number of hydrogen-bond acceptors (Lipinski definition) is 2. The summed E-state index contributed by atoms with van der Waals surface area (Å²) in [6, 6.07) is 0. The molecule has 0 spiro atoms. The van der Waals surface area contributed by atoms with Gasteiger partial charge >= 0.3 is 0 Å². The van der Waals surface area contributed by atoms with Crippen LogP contribution in [0.15, 0.2) is 0 Å². The predicted molar refractivity (Wildman–Crippen MR) is 52.5 cm³/mol. The van der Waals surface area contributed by atoms with Crippen molar-refractivity contribution in [3.63, 3.8) is 0 Å².